The number of amides is 1. The molecule has 0 aliphatic rings. The Bertz CT molecular complexity index is 1440. The first kappa shape index (κ1) is 31.6. The van der Waals surface area contributed by atoms with Gasteiger partial charge in [-0.1, -0.05) is 54.1 Å². The molecule has 0 aliphatic carbocycles. The Balaban J connectivity index is 0.00000441. The van der Waals surface area contributed by atoms with Crippen LogP contribution < -0.4 is 5.32 Å². The van der Waals surface area contributed by atoms with E-state index < -0.39 is 17.9 Å². The second kappa shape index (κ2) is 15.2. The molecule has 204 valence electrons. The number of carboxylic acid groups (broad SMARTS) is 1. The number of carboxylic acids is 1. The van der Waals surface area contributed by atoms with E-state index in [0.717, 1.165) is 33.4 Å². The monoisotopic (exact) mass is 571 g/mol. The van der Waals surface area contributed by atoms with Gasteiger partial charge >= 0.3 is 24.8 Å². The van der Waals surface area contributed by atoms with Crippen LogP contribution in [-0.2, 0) is 22.7 Å². The van der Waals surface area contributed by atoms with Gasteiger partial charge < -0.3 is 19.6 Å². The van der Waals surface area contributed by atoms with Crippen molar-refractivity contribution in [1.82, 2.24) is 5.32 Å². The Morgan fingerprint density at radius 2 is 1.75 bits per heavy atom. The van der Waals surface area contributed by atoms with Gasteiger partial charge in [0.25, 0.3) is 5.91 Å². The van der Waals surface area contributed by atoms with Crippen LogP contribution in [-0.4, -0.2) is 53.9 Å². The second-order valence-electron chi connectivity index (χ2n) is 9.10. The summed E-state index contributed by atoms with van der Waals surface area (Å²) in [6.07, 6.45) is 3.89. The number of benzene rings is 3. The van der Waals surface area contributed by atoms with Gasteiger partial charge in [-0.2, -0.15) is 11.8 Å². The molecule has 0 aliphatic heterocycles. The Kier molecular flexibility index (Phi) is 12.0. The Morgan fingerprint density at radius 3 is 2.45 bits per heavy atom. The number of hydrogen-bond acceptors (Lipinski definition) is 5. The molecule has 0 radical (unpaired) electrons. The van der Waals surface area contributed by atoms with Crippen LogP contribution in [0.3, 0.4) is 0 Å². The summed E-state index contributed by atoms with van der Waals surface area (Å²) in [6.45, 7) is 2.55. The van der Waals surface area contributed by atoms with Crippen molar-refractivity contribution in [1.29, 1.82) is 0 Å². The Labute approximate surface area is 255 Å². The number of hydrogen-bond donors (Lipinski definition) is 2. The molecule has 1 aromatic heterocycles. The first-order valence-corrected chi connectivity index (χ1v) is 14.3. The number of aliphatic carboxylic acids is 1. The standard InChI is InChI=1S/C31H30ClNO5S.Li.H/c1-20-5-3-4-6-24(20)27-17-21(7-12-26(27)30(34)33-28(31(35)36)14-16-39-2)18-37-19-29-25(13-15-38-29)22-8-10-23(32)11-9-22;;/h3-13,15,17,28H,14,16,18-19H2,1-2H3,(H,33,34)(H,35,36);;/t28-;;/m0../s1. The number of ether oxygens (including phenoxy) is 1. The van der Waals surface area contributed by atoms with E-state index in [0.29, 0.717) is 35.1 Å². The van der Waals surface area contributed by atoms with Gasteiger partial charge in [-0.05, 0) is 83.5 Å². The molecule has 0 saturated carbocycles. The molecule has 0 bridgehead atoms. The third-order valence-electron chi connectivity index (χ3n) is 6.38. The summed E-state index contributed by atoms with van der Waals surface area (Å²) < 4.78 is 11.7. The van der Waals surface area contributed by atoms with Gasteiger partial charge in [-0.15, -0.1) is 0 Å². The van der Waals surface area contributed by atoms with Gasteiger partial charge in [-0.3, -0.25) is 4.79 Å². The first-order valence-electron chi connectivity index (χ1n) is 12.5. The normalized spacial score (nSPS) is 11.5. The molecular weight excluding hydrogens is 541 g/mol. The molecule has 1 heterocycles. The molecule has 1 amide bonds. The fourth-order valence-corrected chi connectivity index (χ4v) is 4.90. The topological polar surface area (TPSA) is 88.8 Å². The number of furan rings is 1. The van der Waals surface area contributed by atoms with Crippen molar-refractivity contribution in [3.05, 3.63) is 107 Å². The quantitative estimate of drug-likeness (QED) is 0.187. The van der Waals surface area contributed by atoms with Crippen LogP contribution in [0, 0.1) is 6.92 Å². The summed E-state index contributed by atoms with van der Waals surface area (Å²) in [5, 5.41) is 13.0. The van der Waals surface area contributed by atoms with E-state index in [1.165, 1.54) is 0 Å². The van der Waals surface area contributed by atoms with E-state index in [1.54, 1.807) is 24.1 Å². The van der Waals surface area contributed by atoms with E-state index in [2.05, 4.69) is 5.32 Å². The first-order chi connectivity index (χ1) is 18.9. The fraction of sp³-hybridized carbons (Fsp3) is 0.226. The number of thioether (sulfide) groups is 1. The van der Waals surface area contributed by atoms with Gasteiger partial charge in [0.05, 0.1) is 12.9 Å². The van der Waals surface area contributed by atoms with Crippen molar-refractivity contribution in [2.45, 2.75) is 32.6 Å². The van der Waals surface area contributed by atoms with Gasteiger partial charge in [-0.25, -0.2) is 4.79 Å². The SMILES string of the molecule is CSCC[C@H](NC(=O)c1ccc(COCc2occc2-c2ccc(Cl)cc2)cc1-c1ccccc1C)C(=O)O.[LiH]. The molecule has 4 rings (SSSR count). The van der Waals surface area contributed by atoms with Crippen molar-refractivity contribution in [3.63, 3.8) is 0 Å². The molecule has 2 N–H and O–H groups in total. The van der Waals surface area contributed by atoms with Crippen molar-refractivity contribution in [2.75, 3.05) is 12.0 Å². The summed E-state index contributed by atoms with van der Waals surface area (Å²) in [6, 6.07) is 21.8. The van der Waals surface area contributed by atoms with Crippen molar-refractivity contribution in [3.8, 4) is 22.3 Å². The van der Waals surface area contributed by atoms with Crippen LogP contribution in [0.5, 0.6) is 0 Å². The van der Waals surface area contributed by atoms with Crippen LogP contribution >= 0.6 is 23.4 Å². The van der Waals surface area contributed by atoms with E-state index in [4.69, 9.17) is 20.8 Å². The molecule has 0 unspecified atom stereocenters. The number of carbonyl (C=O) groups excluding carboxylic acids is 1. The molecule has 4 aromatic rings. The van der Waals surface area contributed by atoms with Crippen LogP contribution in [0.15, 0.2) is 83.5 Å². The molecule has 1 atom stereocenters. The average molecular weight is 572 g/mol. The number of nitrogens with one attached hydrogen (secondary N) is 1. The van der Waals surface area contributed by atoms with Crippen LogP contribution in [0.1, 0.15) is 33.7 Å². The summed E-state index contributed by atoms with van der Waals surface area (Å²) >= 11 is 7.56. The van der Waals surface area contributed by atoms with Gasteiger partial charge in [0.2, 0.25) is 0 Å². The van der Waals surface area contributed by atoms with Gasteiger partial charge in [0.15, 0.2) is 0 Å². The minimum atomic E-state index is -1.05. The zero-order valence-electron chi connectivity index (χ0n) is 21.8. The Hall–Kier alpha value is -2.92. The van der Waals surface area contributed by atoms with Crippen molar-refractivity contribution >= 4 is 54.1 Å². The van der Waals surface area contributed by atoms with Gasteiger partial charge in [0.1, 0.15) is 18.4 Å². The number of halogens is 1. The summed E-state index contributed by atoms with van der Waals surface area (Å²) in [5.41, 5.74) is 5.85. The summed E-state index contributed by atoms with van der Waals surface area (Å²) in [7, 11) is 0. The molecule has 0 saturated heterocycles. The molecule has 3 aromatic carbocycles. The third-order valence-corrected chi connectivity index (χ3v) is 7.28. The molecule has 0 fully saturated rings. The molecular formula is C31H31ClLiNO5S. The maximum atomic E-state index is 13.3. The molecule has 40 heavy (non-hydrogen) atoms. The van der Waals surface area contributed by atoms with Crippen LogP contribution in [0.2, 0.25) is 5.02 Å². The predicted molar refractivity (Wildman–Crippen MR) is 163 cm³/mol. The van der Waals surface area contributed by atoms with Gasteiger partial charge in [0, 0.05) is 16.1 Å². The molecule has 0 spiro atoms. The zero-order chi connectivity index (χ0) is 27.8. The number of aryl methyl sites for hydroxylation is 1. The van der Waals surface area contributed by atoms with Crippen LogP contribution in [0.4, 0.5) is 0 Å². The van der Waals surface area contributed by atoms with E-state index in [1.807, 2.05) is 79.9 Å². The number of rotatable bonds is 12. The summed E-state index contributed by atoms with van der Waals surface area (Å²) in [5.74, 6) is -0.126. The zero-order valence-corrected chi connectivity index (χ0v) is 23.4. The van der Waals surface area contributed by atoms with E-state index in [9.17, 15) is 14.7 Å². The van der Waals surface area contributed by atoms with Crippen molar-refractivity contribution < 1.29 is 23.8 Å². The van der Waals surface area contributed by atoms with Crippen LogP contribution in [0.25, 0.3) is 22.3 Å². The van der Waals surface area contributed by atoms with E-state index in [-0.39, 0.29) is 25.5 Å². The molecule has 6 nitrogen and oxygen atoms in total. The third kappa shape index (κ3) is 8.06. The minimum absolute atomic E-state index is 0. The number of carbonyl (C=O) groups is 2. The Morgan fingerprint density at radius 1 is 1.00 bits per heavy atom. The van der Waals surface area contributed by atoms with Crippen molar-refractivity contribution in [2.24, 2.45) is 0 Å². The summed E-state index contributed by atoms with van der Waals surface area (Å²) in [4.78, 5) is 25.0. The van der Waals surface area contributed by atoms with E-state index >= 15 is 0 Å². The predicted octanol–water partition coefficient (Wildman–Crippen LogP) is 6.58. The average Bonchev–Trinajstić information content (AvgIpc) is 3.40. The second-order valence-corrected chi connectivity index (χ2v) is 10.5. The fourth-order valence-electron chi connectivity index (χ4n) is 4.31. The maximum absolute atomic E-state index is 13.3. The molecule has 9 heteroatoms.